The first-order chi connectivity index (χ1) is 9.24. The Balaban J connectivity index is 2.27. The van der Waals surface area contributed by atoms with Crippen molar-refractivity contribution in [3.8, 4) is 0 Å². The van der Waals surface area contributed by atoms with Gasteiger partial charge in [-0.1, -0.05) is 19.9 Å². The first-order valence-electron chi connectivity index (χ1n) is 6.94. The zero-order chi connectivity index (χ0) is 13.7. The van der Waals surface area contributed by atoms with Crippen molar-refractivity contribution in [3.05, 3.63) is 46.5 Å². The Hall–Kier alpha value is -1.68. The number of hydrogen-bond acceptors (Lipinski definition) is 3. The van der Waals surface area contributed by atoms with Gasteiger partial charge in [0.15, 0.2) is 0 Å². The lowest BCUT2D eigenvalue weighted by Crippen LogP contribution is -2.27. The van der Waals surface area contributed by atoms with Crippen molar-refractivity contribution >= 4 is 5.65 Å². The van der Waals surface area contributed by atoms with Crippen molar-refractivity contribution in [1.29, 1.82) is 0 Å². The molecule has 2 aromatic rings. The van der Waals surface area contributed by atoms with Gasteiger partial charge in [0.1, 0.15) is 5.65 Å². The van der Waals surface area contributed by atoms with E-state index < -0.39 is 0 Å². The second-order valence-corrected chi connectivity index (χ2v) is 4.79. The molecule has 0 N–H and O–H groups in total. The summed E-state index contributed by atoms with van der Waals surface area (Å²) in [6.45, 7) is 7.19. The first kappa shape index (κ1) is 13.7. The van der Waals surface area contributed by atoms with E-state index in [4.69, 9.17) is 0 Å². The molecule has 2 rings (SSSR count). The molecule has 19 heavy (non-hydrogen) atoms. The minimum absolute atomic E-state index is 0.00598. The van der Waals surface area contributed by atoms with E-state index in [0.29, 0.717) is 0 Å². The molecule has 0 aromatic carbocycles. The fraction of sp³-hybridized carbons (Fsp3) is 0.467. The van der Waals surface area contributed by atoms with Crippen molar-refractivity contribution in [1.82, 2.24) is 14.3 Å². The summed E-state index contributed by atoms with van der Waals surface area (Å²) in [6, 6.07) is 7.26. The predicted molar refractivity (Wildman–Crippen MR) is 77.3 cm³/mol. The van der Waals surface area contributed by atoms with Crippen LogP contribution < -0.4 is 5.56 Å². The number of fused-ring (bicyclic) bond motifs is 1. The summed E-state index contributed by atoms with van der Waals surface area (Å²) in [5, 5.41) is 0. The molecule has 4 heteroatoms. The Morgan fingerprint density at radius 1 is 1.21 bits per heavy atom. The number of aromatic nitrogens is 2. The smallest absolute Gasteiger partial charge is 0.258 e. The molecular formula is C15H21N3O. The van der Waals surface area contributed by atoms with Crippen LogP contribution in [0.4, 0.5) is 0 Å². The van der Waals surface area contributed by atoms with Crippen molar-refractivity contribution in [3.63, 3.8) is 0 Å². The molecule has 0 saturated carbocycles. The fourth-order valence-electron chi connectivity index (χ4n) is 2.32. The average molecular weight is 259 g/mol. The standard InChI is InChI=1S/C15H21N3O/c1-3-8-17(9-4-2)12-13-11-15(19)18-10-6-5-7-14(18)16-13/h5-7,10-11H,3-4,8-9,12H2,1-2H3. The van der Waals surface area contributed by atoms with Gasteiger partial charge < -0.3 is 0 Å². The maximum Gasteiger partial charge on any atom is 0.258 e. The summed E-state index contributed by atoms with van der Waals surface area (Å²) >= 11 is 0. The molecule has 0 saturated heterocycles. The molecule has 0 aliphatic rings. The molecule has 4 nitrogen and oxygen atoms in total. The van der Waals surface area contributed by atoms with Crippen LogP contribution in [-0.4, -0.2) is 27.4 Å². The summed E-state index contributed by atoms with van der Waals surface area (Å²) in [7, 11) is 0. The molecule has 102 valence electrons. The third-order valence-corrected chi connectivity index (χ3v) is 3.09. The highest BCUT2D eigenvalue weighted by Gasteiger charge is 2.07. The fourth-order valence-corrected chi connectivity index (χ4v) is 2.32. The molecule has 0 aliphatic carbocycles. The predicted octanol–water partition coefficient (Wildman–Crippen LogP) is 2.32. The van der Waals surface area contributed by atoms with Gasteiger partial charge >= 0.3 is 0 Å². The number of nitrogens with zero attached hydrogens (tertiary/aromatic N) is 3. The maximum atomic E-state index is 12.0. The molecule has 0 atom stereocenters. The van der Waals surface area contributed by atoms with E-state index in [-0.39, 0.29) is 5.56 Å². The number of hydrogen-bond donors (Lipinski definition) is 0. The van der Waals surface area contributed by atoms with Gasteiger partial charge in [-0.15, -0.1) is 0 Å². The Kier molecular flexibility index (Phi) is 4.68. The first-order valence-corrected chi connectivity index (χ1v) is 6.94. The van der Waals surface area contributed by atoms with Gasteiger partial charge in [-0.3, -0.25) is 14.1 Å². The summed E-state index contributed by atoms with van der Waals surface area (Å²) < 4.78 is 1.58. The second-order valence-electron chi connectivity index (χ2n) is 4.79. The number of pyridine rings is 1. The molecule has 0 aliphatic heterocycles. The zero-order valence-electron chi connectivity index (χ0n) is 11.7. The van der Waals surface area contributed by atoms with Crippen molar-refractivity contribution in [2.45, 2.75) is 33.2 Å². The molecule has 0 radical (unpaired) electrons. The summed E-state index contributed by atoms with van der Waals surface area (Å²) in [5.74, 6) is 0. The quantitative estimate of drug-likeness (QED) is 0.799. The van der Waals surface area contributed by atoms with Crippen LogP contribution in [0.3, 0.4) is 0 Å². The normalized spacial score (nSPS) is 11.3. The van der Waals surface area contributed by atoms with Gasteiger partial charge in [0.05, 0.1) is 5.69 Å². The molecule has 2 aromatic heterocycles. The third-order valence-electron chi connectivity index (χ3n) is 3.09. The topological polar surface area (TPSA) is 37.6 Å². The molecule has 0 amide bonds. The van der Waals surface area contributed by atoms with Gasteiger partial charge in [0.25, 0.3) is 5.56 Å². The third kappa shape index (κ3) is 3.41. The molecule has 0 bridgehead atoms. The molecule has 0 unspecified atom stereocenters. The van der Waals surface area contributed by atoms with Crippen molar-refractivity contribution < 1.29 is 0 Å². The summed E-state index contributed by atoms with van der Waals surface area (Å²) in [5.41, 5.74) is 1.57. The lowest BCUT2D eigenvalue weighted by molar-refractivity contribution is 0.263. The van der Waals surface area contributed by atoms with Gasteiger partial charge in [-0.05, 0) is 38.1 Å². The van der Waals surface area contributed by atoms with Crippen molar-refractivity contribution in [2.24, 2.45) is 0 Å². The SMILES string of the molecule is CCCN(CCC)Cc1cc(=O)n2ccccc2n1. The van der Waals surface area contributed by atoms with E-state index in [0.717, 1.165) is 43.8 Å². The summed E-state index contributed by atoms with van der Waals surface area (Å²) in [4.78, 5) is 18.9. The summed E-state index contributed by atoms with van der Waals surface area (Å²) in [6.07, 6.45) is 3.99. The maximum absolute atomic E-state index is 12.0. The Morgan fingerprint density at radius 2 is 1.95 bits per heavy atom. The van der Waals surface area contributed by atoms with E-state index in [9.17, 15) is 4.79 Å². The number of rotatable bonds is 6. The van der Waals surface area contributed by atoms with E-state index >= 15 is 0 Å². The van der Waals surface area contributed by atoms with Gasteiger partial charge in [-0.2, -0.15) is 0 Å². The van der Waals surface area contributed by atoms with Crippen LogP contribution in [0.2, 0.25) is 0 Å². The van der Waals surface area contributed by atoms with E-state index in [1.165, 1.54) is 0 Å². The van der Waals surface area contributed by atoms with Gasteiger partial charge in [-0.25, -0.2) is 4.98 Å². The Morgan fingerprint density at radius 3 is 2.63 bits per heavy atom. The van der Waals surface area contributed by atoms with Crippen LogP contribution in [-0.2, 0) is 6.54 Å². The second kappa shape index (κ2) is 6.48. The highest BCUT2D eigenvalue weighted by Crippen LogP contribution is 2.04. The zero-order valence-corrected chi connectivity index (χ0v) is 11.7. The molecule has 0 fully saturated rings. The minimum atomic E-state index is -0.00598. The largest absolute Gasteiger partial charge is 0.298 e. The van der Waals surface area contributed by atoms with Crippen molar-refractivity contribution in [2.75, 3.05) is 13.1 Å². The van der Waals surface area contributed by atoms with Crippen LogP contribution in [0.15, 0.2) is 35.3 Å². The van der Waals surface area contributed by atoms with Crippen LogP contribution in [0.5, 0.6) is 0 Å². The van der Waals surface area contributed by atoms with E-state index in [2.05, 4.69) is 23.7 Å². The molecule has 2 heterocycles. The monoisotopic (exact) mass is 259 g/mol. The van der Waals surface area contributed by atoms with E-state index in [1.807, 2.05) is 18.2 Å². The van der Waals surface area contributed by atoms with Gasteiger partial charge in [0, 0.05) is 18.8 Å². The van der Waals surface area contributed by atoms with Crippen LogP contribution in [0.1, 0.15) is 32.4 Å². The van der Waals surface area contributed by atoms with Crippen LogP contribution >= 0.6 is 0 Å². The highest BCUT2D eigenvalue weighted by molar-refractivity contribution is 5.37. The molecular weight excluding hydrogens is 238 g/mol. The lowest BCUT2D eigenvalue weighted by Gasteiger charge is -2.20. The Labute approximate surface area is 113 Å². The minimum Gasteiger partial charge on any atom is -0.298 e. The van der Waals surface area contributed by atoms with Crippen LogP contribution in [0.25, 0.3) is 5.65 Å². The van der Waals surface area contributed by atoms with E-state index in [1.54, 1.807) is 16.7 Å². The van der Waals surface area contributed by atoms with Gasteiger partial charge in [0.2, 0.25) is 0 Å². The molecule has 0 spiro atoms. The highest BCUT2D eigenvalue weighted by atomic mass is 16.1. The Bertz CT molecular complexity index is 585. The van der Waals surface area contributed by atoms with Crippen LogP contribution in [0, 0.1) is 0 Å². The average Bonchev–Trinajstić information content (AvgIpc) is 2.39. The lowest BCUT2D eigenvalue weighted by atomic mass is 10.3.